The SMILES string of the molecule is CCOC(N)(OCC)C(C)N. The third-order valence-electron chi connectivity index (χ3n) is 1.37. The second-order valence-corrected chi connectivity index (χ2v) is 2.38. The molecule has 68 valence electrons. The minimum Gasteiger partial charge on any atom is -0.337 e. The lowest BCUT2D eigenvalue weighted by Crippen LogP contribution is -2.58. The fourth-order valence-corrected chi connectivity index (χ4v) is 0.756. The Labute approximate surface area is 67.8 Å². The van der Waals surface area contributed by atoms with Crippen LogP contribution in [0.25, 0.3) is 0 Å². The Morgan fingerprint density at radius 2 is 1.64 bits per heavy atom. The highest BCUT2D eigenvalue weighted by Gasteiger charge is 2.30. The molecule has 0 aromatic carbocycles. The van der Waals surface area contributed by atoms with Crippen molar-refractivity contribution in [3.05, 3.63) is 0 Å². The van der Waals surface area contributed by atoms with Crippen LogP contribution in [0.15, 0.2) is 0 Å². The van der Waals surface area contributed by atoms with Crippen molar-refractivity contribution in [2.24, 2.45) is 11.5 Å². The maximum atomic E-state index is 5.69. The first kappa shape index (κ1) is 10.8. The molecule has 4 heteroatoms. The molecule has 0 aromatic rings. The van der Waals surface area contributed by atoms with Gasteiger partial charge in [-0.2, -0.15) is 0 Å². The molecular weight excluding hydrogens is 144 g/mol. The molecule has 0 fully saturated rings. The molecule has 4 nitrogen and oxygen atoms in total. The Bertz CT molecular complexity index is 101. The third kappa shape index (κ3) is 3.16. The van der Waals surface area contributed by atoms with Gasteiger partial charge in [0.2, 0.25) is 5.91 Å². The van der Waals surface area contributed by atoms with Crippen molar-refractivity contribution in [2.75, 3.05) is 13.2 Å². The first-order valence-corrected chi connectivity index (χ1v) is 3.89. The van der Waals surface area contributed by atoms with E-state index in [-0.39, 0.29) is 6.04 Å². The van der Waals surface area contributed by atoms with Gasteiger partial charge in [0, 0.05) is 13.2 Å². The van der Waals surface area contributed by atoms with Crippen LogP contribution < -0.4 is 11.5 Å². The maximum absolute atomic E-state index is 5.69. The second kappa shape index (κ2) is 4.66. The van der Waals surface area contributed by atoms with Gasteiger partial charge < -0.3 is 15.2 Å². The molecule has 0 amide bonds. The molecule has 11 heavy (non-hydrogen) atoms. The van der Waals surface area contributed by atoms with Gasteiger partial charge in [-0.25, -0.2) is 0 Å². The van der Waals surface area contributed by atoms with Crippen LogP contribution in [0.3, 0.4) is 0 Å². The quantitative estimate of drug-likeness (QED) is 0.559. The lowest BCUT2D eigenvalue weighted by molar-refractivity contribution is -0.238. The second-order valence-electron chi connectivity index (χ2n) is 2.38. The van der Waals surface area contributed by atoms with Crippen LogP contribution in [0.1, 0.15) is 20.8 Å². The van der Waals surface area contributed by atoms with Crippen molar-refractivity contribution >= 4 is 0 Å². The lowest BCUT2D eigenvalue weighted by Gasteiger charge is -2.31. The minimum atomic E-state index is -1.12. The molecule has 0 saturated heterocycles. The molecule has 0 rings (SSSR count). The Hall–Kier alpha value is -0.160. The standard InChI is InChI=1S/C7H18N2O2/c1-4-10-7(9,6(3)8)11-5-2/h6H,4-5,8-9H2,1-3H3. The summed E-state index contributed by atoms with van der Waals surface area (Å²) in [5, 5.41) is 0. The summed E-state index contributed by atoms with van der Waals surface area (Å²) in [4.78, 5) is 0. The maximum Gasteiger partial charge on any atom is 0.240 e. The summed E-state index contributed by atoms with van der Waals surface area (Å²) in [5.74, 6) is -1.12. The fourth-order valence-electron chi connectivity index (χ4n) is 0.756. The fraction of sp³-hybridized carbons (Fsp3) is 1.00. The Morgan fingerprint density at radius 3 is 1.82 bits per heavy atom. The van der Waals surface area contributed by atoms with Crippen LogP contribution >= 0.6 is 0 Å². The predicted octanol–water partition coefficient (Wildman–Crippen LogP) is 0.0191. The van der Waals surface area contributed by atoms with Crippen molar-refractivity contribution in [3.8, 4) is 0 Å². The van der Waals surface area contributed by atoms with Crippen LogP contribution in [0, 0.1) is 0 Å². The molecule has 4 N–H and O–H groups in total. The molecule has 0 heterocycles. The molecule has 0 spiro atoms. The molecule has 0 aromatic heterocycles. The molecule has 1 atom stereocenters. The minimum absolute atomic E-state index is 0.331. The number of hydrogen-bond donors (Lipinski definition) is 2. The first-order chi connectivity index (χ1) is 5.06. The third-order valence-corrected chi connectivity index (χ3v) is 1.37. The average molecular weight is 162 g/mol. The smallest absolute Gasteiger partial charge is 0.240 e. The van der Waals surface area contributed by atoms with Gasteiger partial charge in [0.1, 0.15) is 0 Å². The van der Waals surface area contributed by atoms with Crippen LogP contribution in [0.2, 0.25) is 0 Å². The number of rotatable bonds is 5. The van der Waals surface area contributed by atoms with Crippen LogP contribution in [0.4, 0.5) is 0 Å². The summed E-state index contributed by atoms with van der Waals surface area (Å²) in [7, 11) is 0. The van der Waals surface area contributed by atoms with Crippen molar-refractivity contribution in [1.29, 1.82) is 0 Å². The van der Waals surface area contributed by atoms with Crippen LogP contribution in [0.5, 0.6) is 0 Å². The largest absolute Gasteiger partial charge is 0.337 e. The van der Waals surface area contributed by atoms with Crippen molar-refractivity contribution in [3.63, 3.8) is 0 Å². The van der Waals surface area contributed by atoms with Crippen molar-refractivity contribution in [1.82, 2.24) is 0 Å². The highest BCUT2D eigenvalue weighted by Crippen LogP contribution is 2.08. The zero-order chi connectivity index (χ0) is 8.91. The molecule has 1 unspecified atom stereocenters. The van der Waals surface area contributed by atoms with Gasteiger partial charge in [0.15, 0.2) is 0 Å². The average Bonchev–Trinajstić information content (AvgIpc) is 1.88. The summed E-state index contributed by atoms with van der Waals surface area (Å²) in [6.07, 6.45) is 0. The Balaban J connectivity index is 4.01. The summed E-state index contributed by atoms with van der Waals surface area (Å²) < 4.78 is 10.3. The van der Waals surface area contributed by atoms with Crippen molar-refractivity contribution in [2.45, 2.75) is 32.7 Å². The van der Waals surface area contributed by atoms with E-state index in [2.05, 4.69) is 0 Å². The summed E-state index contributed by atoms with van der Waals surface area (Å²) in [6.45, 7) is 6.45. The molecule has 0 radical (unpaired) electrons. The number of ether oxygens (including phenoxy) is 2. The molecule has 0 saturated carbocycles. The van der Waals surface area contributed by atoms with E-state index in [1.54, 1.807) is 6.92 Å². The van der Waals surface area contributed by atoms with E-state index in [9.17, 15) is 0 Å². The van der Waals surface area contributed by atoms with E-state index in [1.165, 1.54) is 0 Å². The van der Waals surface area contributed by atoms with Gasteiger partial charge in [0.25, 0.3) is 0 Å². The topological polar surface area (TPSA) is 70.5 Å². The number of hydrogen-bond acceptors (Lipinski definition) is 4. The summed E-state index contributed by atoms with van der Waals surface area (Å²) in [5.41, 5.74) is 11.3. The monoisotopic (exact) mass is 162 g/mol. The van der Waals surface area contributed by atoms with Gasteiger partial charge in [-0.1, -0.05) is 0 Å². The van der Waals surface area contributed by atoms with Crippen LogP contribution in [-0.4, -0.2) is 25.2 Å². The van der Waals surface area contributed by atoms with E-state index in [0.29, 0.717) is 13.2 Å². The molecule has 0 aliphatic heterocycles. The molecule has 0 aliphatic rings. The van der Waals surface area contributed by atoms with Gasteiger partial charge in [-0.05, 0) is 20.8 Å². The molecule has 0 bridgehead atoms. The van der Waals surface area contributed by atoms with E-state index < -0.39 is 5.91 Å². The zero-order valence-corrected chi connectivity index (χ0v) is 7.46. The van der Waals surface area contributed by atoms with E-state index >= 15 is 0 Å². The molecular formula is C7H18N2O2. The predicted molar refractivity (Wildman–Crippen MR) is 43.8 cm³/mol. The number of nitrogens with two attached hydrogens (primary N) is 2. The van der Waals surface area contributed by atoms with Gasteiger partial charge in [-0.15, -0.1) is 0 Å². The van der Waals surface area contributed by atoms with Crippen LogP contribution in [-0.2, 0) is 9.47 Å². The van der Waals surface area contributed by atoms with E-state index in [4.69, 9.17) is 20.9 Å². The lowest BCUT2D eigenvalue weighted by atomic mass is 10.3. The van der Waals surface area contributed by atoms with E-state index in [0.717, 1.165) is 0 Å². The first-order valence-electron chi connectivity index (χ1n) is 3.89. The van der Waals surface area contributed by atoms with Gasteiger partial charge >= 0.3 is 0 Å². The normalized spacial score (nSPS) is 15.0. The highest BCUT2D eigenvalue weighted by molar-refractivity contribution is 4.71. The van der Waals surface area contributed by atoms with Gasteiger partial charge in [0.05, 0.1) is 6.04 Å². The molecule has 0 aliphatic carbocycles. The zero-order valence-electron chi connectivity index (χ0n) is 7.46. The summed E-state index contributed by atoms with van der Waals surface area (Å²) >= 11 is 0. The Morgan fingerprint density at radius 1 is 1.27 bits per heavy atom. The van der Waals surface area contributed by atoms with Crippen molar-refractivity contribution < 1.29 is 9.47 Å². The Kier molecular flexibility index (Phi) is 4.60. The highest BCUT2D eigenvalue weighted by atomic mass is 16.7. The van der Waals surface area contributed by atoms with Gasteiger partial charge in [-0.3, -0.25) is 5.73 Å². The summed E-state index contributed by atoms with van der Waals surface area (Å²) in [6, 6.07) is -0.331. The van der Waals surface area contributed by atoms with E-state index in [1.807, 2.05) is 13.8 Å².